The Morgan fingerprint density at radius 3 is 2.92 bits per heavy atom. The van der Waals surface area contributed by atoms with Gasteiger partial charge in [-0.05, 0) is 40.9 Å². The molecule has 1 unspecified atom stereocenters. The highest BCUT2D eigenvalue weighted by Gasteiger charge is 2.24. The van der Waals surface area contributed by atoms with Crippen LogP contribution in [0.5, 0.6) is 0 Å². The zero-order chi connectivity index (χ0) is 17.6. The maximum absolute atomic E-state index is 4.59. The van der Waals surface area contributed by atoms with Crippen molar-refractivity contribution in [3.8, 4) is 0 Å². The molecule has 2 aromatic rings. The van der Waals surface area contributed by atoms with Crippen LogP contribution in [0.3, 0.4) is 0 Å². The lowest BCUT2D eigenvalue weighted by Crippen LogP contribution is -2.44. The van der Waals surface area contributed by atoms with Gasteiger partial charge in [-0.1, -0.05) is 19.1 Å². The first-order valence-electron chi connectivity index (χ1n) is 8.59. The number of rotatable bonds is 5. The predicted molar refractivity (Wildman–Crippen MR) is 125 cm³/mol. The molecule has 142 valence electrons. The van der Waals surface area contributed by atoms with Crippen LogP contribution in [-0.2, 0) is 13.0 Å². The summed E-state index contributed by atoms with van der Waals surface area (Å²) >= 11 is 5.36. The Morgan fingerprint density at radius 1 is 1.42 bits per heavy atom. The second kappa shape index (κ2) is 10.5. The summed E-state index contributed by atoms with van der Waals surface area (Å²) in [6.07, 6.45) is 2.09. The second-order valence-corrected chi connectivity index (χ2v) is 7.84. The van der Waals surface area contributed by atoms with E-state index >= 15 is 0 Å². The molecule has 1 aromatic heterocycles. The fourth-order valence-electron chi connectivity index (χ4n) is 2.96. The molecule has 1 aliphatic heterocycles. The molecule has 1 atom stereocenters. The van der Waals surface area contributed by atoms with E-state index in [1.165, 1.54) is 10.7 Å². The minimum absolute atomic E-state index is 0. The van der Waals surface area contributed by atoms with Crippen molar-refractivity contribution in [2.75, 3.05) is 25.0 Å². The number of hydrogen-bond acceptors (Lipinski definition) is 4. The maximum Gasteiger partial charge on any atom is 0.191 e. The summed E-state index contributed by atoms with van der Waals surface area (Å²) in [5, 5.41) is 10.2. The van der Waals surface area contributed by atoms with Gasteiger partial charge in [-0.15, -0.1) is 35.3 Å². The van der Waals surface area contributed by atoms with Gasteiger partial charge >= 0.3 is 0 Å². The minimum atomic E-state index is 0. The molecular formula is C18H25BrIN5S. The number of thiazole rings is 1. The molecule has 1 aliphatic rings. The van der Waals surface area contributed by atoms with Gasteiger partial charge < -0.3 is 15.5 Å². The van der Waals surface area contributed by atoms with Crippen LogP contribution >= 0.6 is 51.2 Å². The lowest BCUT2D eigenvalue weighted by molar-refractivity contribution is 0.647. The third kappa shape index (κ3) is 5.56. The number of para-hydroxylation sites is 1. The van der Waals surface area contributed by atoms with Gasteiger partial charge in [0.05, 0.1) is 22.9 Å². The average Bonchev–Trinajstić information content (AvgIpc) is 3.28. The molecule has 0 bridgehead atoms. The summed E-state index contributed by atoms with van der Waals surface area (Å²) in [6, 6.07) is 8.77. The molecule has 3 rings (SSSR count). The molecule has 0 spiro atoms. The number of guanidine groups is 1. The zero-order valence-corrected chi connectivity index (χ0v) is 19.8. The second-order valence-electron chi connectivity index (χ2n) is 6.04. The van der Waals surface area contributed by atoms with Gasteiger partial charge in [-0.2, -0.15) is 0 Å². The number of aryl methyl sites for hydroxylation is 1. The lowest BCUT2D eigenvalue weighted by atomic mass is 10.3. The van der Waals surface area contributed by atoms with E-state index in [0.717, 1.165) is 42.1 Å². The standard InChI is InChI=1S/C18H24BrN5S.HI/c1-3-17-22-14(12-25-17)10-21-18(20-2)23-13-8-9-24(11-13)16-7-5-4-6-15(16)19;/h4-7,12-13H,3,8-11H2,1-2H3,(H2,20,21,23);1H. The molecular weight excluding hydrogens is 525 g/mol. The van der Waals surface area contributed by atoms with Crippen LogP contribution in [0.1, 0.15) is 24.0 Å². The molecule has 5 nitrogen and oxygen atoms in total. The normalized spacial score (nSPS) is 17.1. The third-order valence-corrected chi connectivity index (χ3v) is 6.00. The van der Waals surface area contributed by atoms with E-state index in [4.69, 9.17) is 0 Å². The number of nitrogens with zero attached hydrogens (tertiary/aromatic N) is 3. The van der Waals surface area contributed by atoms with Gasteiger partial charge in [-0.3, -0.25) is 4.99 Å². The molecule has 0 amide bonds. The predicted octanol–water partition coefficient (Wildman–Crippen LogP) is 4.03. The molecule has 8 heteroatoms. The Hall–Kier alpha value is -0.870. The summed E-state index contributed by atoms with van der Waals surface area (Å²) in [7, 11) is 1.81. The van der Waals surface area contributed by atoms with Gasteiger partial charge in [-0.25, -0.2) is 4.98 Å². The van der Waals surface area contributed by atoms with Crippen molar-refractivity contribution < 1.29 is 0 Å². The number of aromatic nitrogens is 1. The van der Waals surface area contributed by atoms with Crippen molar-refractivity contribution in [3.05, 3.63) is 44.8 Å². The fraction of sp³-hybridized carbons (Fsp3) is 0.444. The molecule has 1 aromatic carbocycles. The van der Waals surface area contributed by atoms with E-state index in [1.807, 2.05) is 13.1 Å². The van der Waals surface area contributed by atoms with Crippen molar-refractivity contribution in [2.45, 2.75) is 32.4 Å². The fourth-order valence-corrected chi connectivity index (χ4v) is 4.24. The maximum atomic E-state index is 4.59. The van der Waals surface area contributed by atoms with Crippen molar-refractivity contribution in [1.29, 1.82) is 0 Å². The van der Waals surface area contributed by atoms with E-state index < -0.39 is 0 Å². The van der Waals surface area contributed by atoms with Crippen LogP contribution in [0.15, 0.2) is 39.1 Å². The Morgan fingerprint density at radius 2 is 2.23 bits per heavy atom. The van der Waals surface area contributed by atoms with Gasteiger partial charge in [0, 0.05) is 36.0 Å². The lowest BCUT2D eigenvalue weighted by Gasteiger charge is -2.21. The quantitative estimate of drug-likeness (QED) is 0.336. The van der Waals surface area contributed by atoms with Gasteiger partial charge in [0.1, 0.15) is 0 Å². The van der Waals surface area contributed by atoms with E-state index in [2.05, 4.69) is 71.9 Å². The van der Waals surface area contributed by atoms with Gasteiger partial charge in [0.2, 0.25) is 0 Å². The number of hydrogen-bond donors (Lipinski definition) is 2. The number of halogens is 2. The molecule has 2 heterocycles. The Labute approximate surface area is 184 Å². The summed E-state index contributed by atoms with van der Waals surface area (Å²) in [5.41, 5.74) is 2.33. The van der Waals surface area contributed by atoms with Gasteiger partial charge in [0.15, 0.2) is 5.96 Å². The molecule has 1 saturated heterocycles. The van der Waals surface area contributed by atoms with E-state index in [0.29, 0.717) is 12.6 Å². The molecule has 2 N–H and O–H groups in total. The molecule has 26 heavy (non-hydrogen) atoms. The monoisotopic (exact) mass is 549 g/mol. The average molecular weight is 550 g/mol. The van der Waals surface area contributed by atoms with E-state index in [9.17, 15) is 0 Å². The topological polar surface area (TPSA) is 52.6 Å². The van der Waals surface area contributed by atoms with Crippen LogP contribution in [0, 0.1) is 0 Å². The number of aliphatic imine (C=N–C) groups is 1. The smallest absolute Gasteiger partial charge is 0.191 e. The van der Waals surface area contributed by atoms with Crippen molar-refractivity contribution in [3.63, 3.8) is 0 Å². The molecule has 0 saturated carbocycles. The molecule has 0 radical (unpaired) electrons. The highest BCUT2D eigenvalue weighted by molar-refractivity contribution is 14.0. The minimum Gasteiger partial charge on any atom is -0.368 e. The van der Waals surface area contributed by atoms with E-state index in [-0.39, 0.29) is 24.0 Å². The summed E-state index contributed by atoms with van der Waals surface area (Å²) in [4.78, 5) is 11.3. The van der Waals surface area contributed by atoms with Crippen LogP contribution in [-0.4, -0.2) is 37.1 Å². The summed E-state index contributed by atoms with van der Waals surface area (Å²) in [5.74, 6) is 0.838. The Kier molecular flexibility index (Phi) is 8.62. The third-order valence-electron chi connectivity index (χ3n) is 4.28. The largest absolute Gasteiger partial charge is 0.368 e. The van der Waals surface area contributed by atoms with Crippen molar-refractivity contribution in [1.82, 2.24) is 15.6 Å². The van der Waals surface area contributed by atoms with Crippen LogP contribution in [0.4, 0.5) is 5.69 Å². The Bertz CT molecular complexity index is 736. The van der Waals surface area contributed by atoms with Crippen molar-refractivity contribution in [2.24, 2.45) is 4.99 Å². The number of nitrogens with one attached hydrogen (secondary N) is 2. The number of anilines is 1. The zero-order valence-electron chi connectivity index (χ0n) is 15.0. The first kappa shape index (κ1) is 21.4. The summed E-state index contributed by atoms with van der Waals surface area (Å²) < 4.78 is 1.15. The summed E-state index contributed by atoms with van der Waals surface area (Å²) in [6.45, 7) is 4.85. The van der Waals surface area contributed by atoms with Crippen molar-refractivity contribution >= 4 is 62.9 Å². The van der Waals surface area contributed by atoms with Crippen LogP contribution in [0.25, 0.3) is 0 Å². The highest BCUT2D eigenvalue weighted by Crippen LogP contribution is 2.28. The van der Waals surface area contributed by atoms with Crippen LogP contribution < -0.4 is 15.5 Å². The van der Waals surface area contributed by atoms with E-state index in [1.54, 1.807) is 11.3 Å². The molecule has 1 fully saturated rings. The Balaban J connectivity index is 0.00000243. The van der Waals surface area contributed by atoms with Gasteiger partial charge in [0.25, 0.3) is 0 Å². The first-order chi connectivity index (χ1) is 12.2. The van der Waals surface area contributed by atoms with Crippen LogP contribution in [0.2, 0.25) is 0 Å². The number of benzene rings is 1. The molecule has 0 aliphatic carbocycles. The SMILES string of the molecule is CCc1nc(CNC(=NC)NC2CCN(c3ccccc3Br)C2)cs1.I. The highest BCUT2D eigenvalue weighted by atomic mass is 127. The first-order valence-corrected chi connectivity index (χ1v) is 10.3.